The highest BCUT2D eigenvalue weighted by molar-refractivity contribution is 9.10. The molecule has 0 aliphatic rings. The molecule has 7 heteroatoms. The van der Waals surface area contributed by atoms with Crippen molar-refractivity contribution in [3.8, 4) is 11.5 Å². The molecule has 2 aromatic rings. The number of aryl methyl sites for hydroxylation is 1. The molecule has 6 nitrogen and oxygen atoms in total. The molecule has 2 N–H and O–H groups in total. The van der Waals surface area contributed by atoms with Crippen molar-refractivity contribution in [2.75, 3.05) is 13.7 Å². The van der Waals surface area contributed by atoms with Crippen LogP contribution in [0.15, 0.2) is 46.9 Å². The molecule has 2 rings (SSSR count). The maximum atomic E-state index is 11.9. The monoisotopic (exact) mass is 420 g/mol. The number of rotatable bonds is 7. The summed E-state index contributed by atoms with van der Waals surface area (Å²) in [7, 11) is 1.58. The Morgan fingerprint density at radius 2 is 1.65 bits per heavy atom. The average Bonchev–Trinajstić information content (AvgIpc) is 2.66. The third kappa shape index (κ3) is 6.07. The molecule has 0 fully saturated rings. The van der Waals surface area contributed by atoms with E-state index in [4.69, 9.17) is 9.47 Å². The minimum absolute atomic E-state index is 0.148. The van der Waals surface area contributed by atoms with Gasteiger partial charge in [0.05, 0.1) is 18.0 Å². The first-order valence-corrected chi connectivity index (χ1v) is 8.93. The van der Waals surface area contributed by atoms with Gasteiger partial charge in [0.1, 0.15) is 11.5 Å². The first-order valence-electron chi connectivity index (χ1n) is 8.13. The normalized spacial score (nSPS) is 10.1. The summed E-state index contributed by atoms with van der Waals surface area (Å²) in [5.74, 6) is 0.524. The van der Waals surface area contributed by atoms with Crippen molar-refractivity contribution in [1.29, 1.82) is 0 Å². The average molecular weight is 421 g/mol. The molecule has 0 radical (unpaired) electrons. The number of carbonyl (C=O) groups excluding carboxylic acids is 2. The zero-order valence-electron chi connectivity index (χ0n) is 14.7. The van der Waals surface area contributed by atoms with Crippen LogP contribution in [0.5, 0.6) is 11.5 Å². The molecule has 26 heavy (non-hydrogen) atoms. The number of amides is 2. The van der Waals surface area contributed by atoms with Crippen LogP contribution >= 0.6 is 15.9 Å². The lowest BCUT2D eigenvalue weighted by Crippen LogP contribution is -2.44. The lowest BCUT2D eigenvalue weighted by Gasteiger charge is -2.11. The number of nitrogens with one attached hydrogen (secondary N) is 2. The number of hydrazine groups is 1. The quantitative estimate of drug-likeness (QED) is 0.675. The van der Waals surface area contributed by atoms with E-state index in [-0.39, 0.29) is 18.9 Å². The predicted molar refractivity (Wildman–Crippen MR) is 102 cm³/mol. The van der Waals surface area contributed by atoms with E-state index in [0.29, 0.717) is 5.75 Å². The molecule has 2 aromatic carbocycles. The van der Waals surface area contributed by atoms with Gasteiger partial charge in [-0.2, -0.15) is 0 Å². The van der Waals surface area contributed by atoms with E-state index in [1.807, 2.05) is 12.1 Å². The Morgan fingerprint density at radius 3 is 2.27 bits per heavy atom. The van der Waals surface area contributed by atoms with E-state index in [2.05, 4.69) is 33.7 Å². The summed E-state index contributed by atoms with van der Waals surface area (Å²) >= 11 is 3.41. The number of benzene rings is 2. The Hall–Kier alpha value is -2.54. The molecule has 0 spiro atoms. The fraction of sp³-hybridized carbons (Fsp3) is 0.263. The van der Waals surface area contributed by atoms with Crippen LogP contribution in [0.3, 0.4) is 0 Å². The molecular formula is C19H21BrN2O4. The molecule has 0 aliphatic carbocycles. The van der Waals surface area contributed by atoms with E-state index < -0.39 is 5.91 Å². The van der Waals surface area contributed by atoms with Crippen molar-refractivity contribution in [3.63, 3.8) is 0 Å². The molecule has 0 atom stereocenters. The highest BCUT2D eigenvalue weighted by Crippen LogP contribution is 2.26. The summed E-state index contributed by atoms with van der Waals surface area (Å²) < 4.78 is 11.3. The van der Waals surface area contributed by atoms with E-state index >= 15 is 0 Å². The molecule has 0 saturated heterocycles. The summed E-state index contributed by atoms with van der Waals surface area (Å²) in [4.78, 5) is 23.7. The van der Waals surface area contributed by atoms with Gasteiger partial charge in [-0.05, 0) is 57.7 Å². The minimum atomic E-state index is -0.445. The van der Waals surface area contributed by atoms with Crippen molar-refractivity contribution in [1.82, 2.24) is 10.9 Å². The van der Waals surface area contributed by atoms with Gasteiger partial charge in [-0.15, -0.1) is 0 Å². The second-order valence-corrected chi connectivity index (χ2v) is 6.38. The van der Waals surface area contributed by atoms with Gasteiger partial charge in [0.25, 0.3) is 5.91 Å². The highest BCUT2D eigenvalue weighted by Gasteiger charge is 2.08. The smallest absolute Gasteiger partial charge is 0.276 e. The summed E-state index contributed by atoms with van der Waals surface area (Å²) in [6.45, 7) is 1.86. The van der Waals surface area contributed by atoms with Gasteiger partial charge in [0.2, 0.25) is 5.91 Å². The SMILES string of the molecule is CCc1ccc(OCC(=O)NNC(=O)Cc2ccc(OC)cc2)c(Br)c1. The molecule has 0 saturated carbocycles. The van der Waals surface area contributed by atoms with Crippen LogP contribution in [-0.2, 0) is 22.4 Å². The van der Waals surface area contributed by atoms with Gasteiger partial charge < -0.3 is 9.47 Å². The van der Waals surface area contributed by atoms with Crippen molar-refractivity contribution >= 4 is 27.7 Å². The molecular weight excluding hydrogens is 400 g/mol. The first kappa shape index (κ1) is 19.8. The van der Waals surface area contributed by atoms with Crippen LogP contribution in [-0.4, -0.2) is 25.5 Å². The number of hydrogen-bond donors (Lipinski definition) is 2. The third-order valence-electron chi connectivity index (χ3n) is 3.63. The van der Waals surface area contributed by atoms with E-state index in [1.54, 1.807) is 37.4 Å². The van der Waals surface area contributed by atoms with E-state index in [0.717, 1.165) is 22.2 Å². The summed E-state index contributed by atoms with van der Waals surface area (Å²) in [6, 6.07) is 12.8. The Bertz CT molecular complexity index is 763. The van der Waals surface area contributed by atoms with Gasteiger partial charge in [0, 0.05) is 0 Å². The number of carbonyl (C=O) groups is 2. The van der Waals surface area contributed by atoms with Gasteiger partial charge in [0.15, 0.2) is 6.61 Å². The molecule has 0 unspecified atom stereocenters. The fourth-order valence-electron chi connectivity index (χ4n) is 2.17. The van der Waals surface area contributed by atoms with E-state index in [9.17, 15) is 9.59 Å². The summed E-state index contributed by atoms with van der Waals surface area (Å²) in [5.41, 5.74) is 6.68. The Balaban J connectivity index is 1.74. The third-order valence-corrected chi connectivity index (χ3v) is 4.25. The predicted octanol–water partition coefficient (Wildman–Crippen LogP) is 2.79. The Kier molecular flexibility index (Phi) is 7.47. The second-order valence-electron chi connectivity index (χ2n) is 5.53. The largest absolute Gasteiger partial charge is 0.497 e. The molecule has 2 amide bonds. The number of halogens is 1. The molecule has 138 valence electrons. The van der Waals surface area contributed by atoms with E-state index in [1.165, 1.54) is 5.56 Å². The van der Waals surface area contributed by atoms with Gasteiger partial charge >= 0.3 is 0 Å². The van der Waals surface area contributed by atoms with Crippen LogP contribution in [0.4, 0.5) is 0 Å². The number of ether oxygens (including phenoxy) is 2. The molecule has 0 heterocycles. The van der Waals surface area contributed by atoms with Crippen LogP contribution in [0.1, 0.15) is 18.1 Å². The fourth-order valence-corrected chi connectivity index (χ4v) is 2.71. The first-order chi connectivity index (χ1) is 12.5. The maximum absolute atomic E-state index is 11.9. The standard InChI is InChI=1S/C19H21BrN2O4/c1-3-13-6-9-17(16(20)10-13)26-12-19(24)22-21-18(23)11-14-4-7-15(25-2)8-5-14/h4-10H,3,11-12H2,1-2H3,(H,21,23)(H,22,24). The summed E-state index contributed by atoms with van der Waals surface area (Å²) in [5, 5.41) is 0. The molecule has 0 aromatic heterocycles. The van der Waals surface area contributed by atoms with Crippen molar-refractivity contribution < 1.29 is 19.1 Å². The minimum Gasteiger partial charge on any atom is -0.497 e. The highest BCUT2D eigenvalue weighted by atomic mass is 79.9. The van der Waals surface area contributed by atoms with Gasteiger partial charge in [-0.1, -0.05) is 25.1 Å². The number of hydrogen-bond acceptors (Lipinski definition) is 4. The van der Waals surface area contributed by atoms with Crippen molar-refractivity contribution in [3.05, 3.63) is 58.1 Å². The Morgan fingerprint density at radius 1 is 1.00 bits per heavy atom. The lowest BCUT2D eigenvalue weighted by atomic mass is 10.1. The van der Waals surface area contributed by atoms with Crippen molar-refractivity contribution in [2.45, 2.75) is 19.8 Å². The Labute approximate surface area is 161 Å². The zero-order valence-corrected chi connectivity index (χ0v) is 16.3. The summed E-state index contributed by atoms with van der Waals surface area (Å²) in [6.07, 6.45) is 1.06. The topological polar surface area (TPSA) is 76.7 Å². The van der Waals surface area contributed by atoms with Crippen LogP contribution in [0.2, 0.25) is 0 Å². The van der Waals surface area contributed by atoms with Gasteiger partial charge in [-0.25, -0.2) is 0 Å². The second kappa shape index (κ2) is 9.82. The van der Waals surface area contributed by atoms with Crippen LogP contribution < -0.4 is 20.3 Å². The zero-order chi connectivity index (χ0) is 18.9. The van der Waals surface area contributed by atoms with Crippen LogP contribution in [0.25, 0.3) is 0 Å². The van der Waals surface area contributed by atoms with Gasteiger partial charge in [-0.3, -0.25) is 20.4 Å². The molecule has 0 bridgehead atoms. The maximum Gasteiger partial charge on any atom is 0.276 e. The lowest BCUT2D eigenvalue weighted by molar-refractivity contribution is -0.129. The number of methoxy groups -OCH3 is 1. The van der Waals surface area contributed by atoms with Crippen LogP contribution in [0, 0.1) is 0 Å². The van der Waals surface area contributed by atoms with Crippen molar-refractivity contribution in [2.24, 2.45) is 0 Å². The molecule has 0 aliphatic heterocycles.